The van der Waals surface area contributed by atoms with Crippen molar-refractivity contribution in [3.05, 3.63) is 30.2 Å². The molecule has 2 aromatic rings. The maximum absolute atomic E-state index is 13.3. The van der Waals surface area contributed by atoms with Gasteiger partial charge in [-0.3, -0.25) is 4.98 Å². The van der Waals surface area contributed by atoms with E-state index < -0.39 is 11.8 Å². The first-order chi connectivity index (χ1) is 8.22. The van der Waals surface area contributed by atoms with Gasteiger partial charge < -0.3 is 9.26 Å². The predicted molar refractivity (Wildman–Crippen MR) is 53.4 cm³/mol. The van der Waals surface area contributed by atoms with Gasteiger partial charge >= 0.3 is 11.9 Å². The van der Waals surface area contributed by atoms with Crippen LogP contribution in [0.1, 0.15) is 17.6 Å². The number of carbonyl (C=O) groups is 1. The maximum Gasteiger partial charge on any atom is 0.397 e. The smallest absolute Gasteiger partial charge is 0.397 e. The van der Waals surface area contributed by atoms with Crippen LogP contribution in [-0.4, -0.2) is 27.7 Å². The Balaban J connectivity index is 2.30. The van der Waals surface area contributed by atoms with Gasteiger partial charge in [0, 0.05) is 6.20 Å². The fraction of sp³-hybridized carbons (Fsp3) is 0.200. The van der Waals surface area contributed by atoms with Crippen molar-refractivity contribution in [2.45, 2.75) is 6.92 Å². The largest absolute Gasteiger partial charge is 0.459 e. The Morgan fingerprint density at radius 2 is 2.41 bits per heavy atom. The quantitative estimate of drug-likeness (QED) is 0.752. The van der Waals surface area contributed by atoms with Crippen molar-refractivity contribution in [2.24, 2.45) is 0 Å². The molecule has 0 fully saturated rings. The summed E-state index contributed by atoms with van der Waals surface area (Å²) in [5, 5.41) is 3.50. The van der Waals surface area contributed by atoms with Gasteiger partial charge in [-0.1, -0.05) is 5.16 Å². The molecular formula is C10H8FN3O3. The van der Waals surface area contributed by atoms with Crippen molar-refractivity contribution in [1.82, 2.24) is 15.1 Å². The lowest BCUT2D eigenvalue weighted by atomic mass is 10.2. The lowest BCUT2D eigenvalue weighted by molar-refractivity contribution is 0.0470. The van der Waals surface area contributed by atoms with E-state index in [-0.39, 0.29) is 23.9 Å². The molecule has 88 valence electrons. The molecule has 0 radical (unpaired) electrons. The van der Waals surface area contributed by atoms with E-state index in [4.69, 9.17) is 0 Å². The number of pyridine rings is 1. The Hall–Kier alpha value is -2.31. The summed E-state index contributed by atoms with van der Waals surface area (Å²) in [5.41, 5.74) is 0.110. The SMILES string of the molecule is CCOC(=O)c1nc(-c2ccncc2F)no1. The van der Waals surface area contributed by atoms with Gasteiger partial charge in [0.15, 0.2) is 5.82 Å². The van der Waals surface area contributed by atoms with Gasteiger partial charge in [0.25, 0.3) is 0 Å². The van der Waals surface area contributed by atoms with Crippen molar-refractivity contribution < 1.29 is 18.4 Å². The van der Waals surface area contributed by atoms with Crippen LogP contribution in [0.25, 0.3) is 11.4 Å². The van der Waals surface area contributed by atoms with E-state index in [1.165, 1.54) is 12.3 Å². The monoisotopic (exact) mass is 237 g/mol. The molecule has 17 heavy (non-hydrogen) atoms. The Bertz CT molecular complexity index is 541. The first-order valence-corrected chi connectivity index (χ1v) is 4.83. The van der Waals surface area contributed by atoms with Crippen molar-refractivity contribution in [1.29, 1.82) is 0 Å². The fourth-order valence-electron chi connectivity index (χ4n) is 1.17. The van der Waals surface area contributed by atoms with Gasteiger partial charge in [-0.05, 0) is 13.0 Å². The standard InChI is InChI=1S/C10H8FN3O3/c1-2-16-10(15)9-13-8(14-17-9)6-3-4-12-5-7(6)11/h3-5H,2H2,1H3. The Morgan fingerprint density at radius 1 is 1.59 bits per heavy atom. The van der Waals surface area contributed by atoms with Crippen LogP contribution in [-0.2, 0) is 4.74 Å². The molecule has 0 spiro atoms. The van der Waals surface area contributed by atoms with Gasteiger partial charge in [0.2, 0.25) is 5.82 Å². The zero-order chi connectivity index (χ0) is 12.3. The highest BCUT2D eigenvalue weighted by atomic mass is 19.1. The molecule has 2 rings (SSSR count). The number of halogens is 1. The van der Waals surface area contributed by atoms with E-state index in [0.29, 0.717) is 0 Å². The first kappa shape index (κ1) is 11.2. The molecule has 0 unspecified atom stereocenters. The van der Waals surface area contributed by atoms with Crippen LogP contribution in [0.5, 0.6) is 0 Å². The van der Waals surface area contributed by atoms with Crippen LogP contribution < -0.4 is 0 Å². The lowest BCUT2D eigenvalue weighted by Gasteiger charge is -1.94. The minimum absolute atomic E-state index is 0.0204. The normalized spacial score (nSPS) is 10.2. The van der Waals surface area contributed by atoms with Gasteiger partial charge in [-0.2, -0.15) is 4.98 Å². The molecule has 0 aliphatic heterocycles. The number of rotatable bonds is 3. The number of hydrogen-bond donors (Lipinski definition) is 0. The first-order valence-electron chi connectivity index (χ1n) is 4.83. The van der Waals surface area contributed by atoms with Crippen LogP contribution in [0.2, 0.25) is 0 Å². The number of nitrogens with zero attached hydrogens (tertiary/aromatic N) is 3. The highest BCUT2D eigenvalue weighted by Crippen LogP contribution is 2.18. The number of carbonyl (C=O) groups excluding carboxylic acids is 1. The average Bonchev–Trinajstić information content (AvgIpc) is 2.79. The summed E-state index contributed by atoms with van der Waals surface area (Å²) in [7, 11) is 0. The molecule has 0 saturated carbocycles. The summed E-state index contributed by atoms with van der Waals surface area (Å²) in [6.45, 7) is 1.85. The van der Waals surface area contributed by atoms with Crippen LogP contribution in [0, 0.1) is 5.82 Å². The molecule has 0 N–H and O–H groups in total. The molecule has 0 aliphatic rings. The Labute approximate surface area is 95.4 Å². The predicted octanol–water partition coefficient (Wildman–Crippen LogP) is 1.45. The number of aromatic nitrogens is 3. The molecule has 0 amide bonds. The summed E-state index contributed by atoms with van der Waals surface area (Å²) >= 11 is 0. The molecule has 2 heterocycles. The van der Waals surface area contributed by atoms with Crippen molar-refractivity contribution in [2.75, 3.05) is 6.61 Å². The second kappa shape index (κ2) is 4.69. The zero-order valence-corrected chi connectivity index (χ0v) is 8.88. The van der Waals surface area contributed by atoms with Crippen molar-refractivity contribution >= 4 is 5.97 Å². The molecule has 0 aromatic carbocycles. The molecule has 0 atom stereocenters. The van der Waals surface area contributed by atoms with E-state index in [1.807, 2.05) is 0 Å². The van der Waals surface area contributed by atoms with E-state index in [2.05, 4.69) is 24.4 Å². The molecular weight excluding hydrogens is 229 g/mol. The third-order valence-electron chi connectivity index (χ3n) is 1.89. The Morgan fingerprint density at radius 3 is 3.12 bits per heavy atom. The van der Waals surface area contributed by atoms with Crippen LogP contribution in [0.3, 0.4) is 0 Å². The van der Waals surface area contributed by atoms with Gasteiger partial charge in [0.1, 0.15) is 0 Å². The third kappa shape index (κ3) is 2.27. The minimum atomic E-state index is -0.735. The van der Waals surface area contributed by atoms with Gasteiger partial charge in [-0.15, -0.1) is 0 Å². The third-order valence-corrected chi connectivity index (χ3v) is 1.89. The van der Waals surface area contributed by atoms with Gasteiger partial charge in [0.05, 0.1) is 18.4 Å². The number of esters is 1. The molecule has 2 aromatic heterocycles. The van der Waals surface area contributed by atoms with E-state index in [1.54, 1.807) is 6.92 Å². The van der Waals surface area contributed by atoms with Crippen LogP contribution >= 0.6 is 0 Å². The fourth-order valence-corrected chi connectivity index (χ4v) is 1.17. The molecule has 7 heteroatoms. The van der Waals surface area contributed by atoms with E-state index in [9.17, 15) is 9.18 Å². The van der Waals surface area contributed by atoms with Crippen LogP contribution in [0.4, 0.5) is 4.39 Å². The maximum atomic E-state index is 13.3. The average molecular weight is 237 g/mol. The molecule has 0 saturated heterocycles. The second-order valence-electron chi connectivity index (χ2n) is 3.00. The molecule has 0 aliphatic carbocycles. The summed E-state index contributed by atoms with van der Waals surface area (Å²) in [6.07, 6.45) is 2.41. The van der Waals surface area contributed by atoms with Gasteiger partial charge in [-0.25, -0.2) is 9.18 Å². The summed E-state index contributed by atoms with van der Waals surface area (Å²) in [5.74, 6) is -1.66. The highest BCUT2D eigenvalue weighted by molar-refractivity contribution is 5.84. The van der Waals surface area contributed by atoms with Crippen LogP contribution in [0.15, 0.2) is 23.0 Å². The lowest BCUT2D eigenvalue weighted by Crippen LogP contribution is -2.04. The highest BCUT2D eigenvalue weighted by Gasteiger charge is 2.18. The summed E-state index contributed by atoms with van der Waals surface area (Å²) in [4.78, 5) is 18.6. The summed E-state index contributed by atoms with van der Waals surface area (Å²) < 4.78 is 22.7. The summed E-state index contributed by atoms with van der Waals surface area (Å²) in [6, 6.07) is 1.38. The van der Waals surface area contributed by atoms with Crippen molar-refractivity contribution in [3.63, 3.8) is 0 Å². The van der Waals surface area contributed by atoms with Crippen molar-refractivity contribution in [3.8, 4) is 11.4 Å². The Kier molecular flexibility index (Phi) is 3.08. The van der Waals surface area contributed by atoms with E-state index >= 15 is 0 Å². The minimum Gasteiger partial charge on any atom is -0.459 e. The molecule has 0 bridgehead atoms. The topological polar surface area (TPSA) is 78.1 Å². The molecule has 6 nitrogen and oxygen atoms in total. The second-order valence-corrected chi connectivity index (χ2v) is 3.00. The van der Waals surface area contributed by atoms with E-state index in [0.717, 1.165) is 6.20 Å². The number of ether oxygens (including phenoxy) is 1. The zero-order valence-electron chi connectivity index (χ0n) is 8.88. The number of hydrogen-bond acceptors (Lipinski definition) is 6.